The monoisotopic (exact) mass is 1630 g/mol. The van der Waals surface area contributed by atoms with E-state index in [-0.39, 0.29) is 0 Å². The van der Waals surface area contributed by atoms with E-state index in [9.17, 15) is 0 Å². The SMILES string of the molecule is Cc1cc(C)c(-n2c3ccccc3c3c4ccccc4sc32)c(C)c1.c1ccc(-c2ccccc2-n2c3ccccc3c3c4ccccc4sc32)cc1.c1ccc(-c2nc(-c3ccccc3)nc(-n3c4ccccc4c4c5ccccc5sc43)n2)cc1.c1cnc(-c2cc(-c3ncccn3)cc(-n3c4ccccc4c4c5ccccc5sc43)c2)nc1. The van der Waals surface area contributed by atoms with Crippen molar-refractivity contribution in [3.05, 3.63) is 393 Å². The van der Waals surface area contributed by atoms with Crippen molar-refractivity contribution in [2.45, 2.75) is 20.8 Å². The number of benzene rings is 14. The van der Waals surface area contributed by atoms with Crippen LogP contribution in [0, 0.1) is 20.8 Å². The fraction of sp³-hybridized carbons (Fsp3) is 0.0283. The Kier molecular flexibility index (Phi) is 18.4. The van der Waals surface area contributed by atoms with E-state index in [1.807, 2.05) is 107 Å². The van der Waals surface area contributed by atoms with Crippen molar-refractivity contribution in [1.29, 1.82) is 0 Å². The highest BCUT2D eigenvalue weighted by Crippen LogP contribution is 2.49. The van der Waals surface area contributed by atoms with Crippen LogP contribution in [0.3, 0.4) is 0 Å². The zero-order valence-electron chi connectivity index (χ0n) is 65.8. The van der Waals surface area contributed by atoms with E-state index in [2.05, 4.69) is 338 Å². The molecule has 0 aliphatic heterocycles. The molecular weight excluding hydrogens is 1560 g/mol. The Bertz CT molecular complexity index is 7850. The second kappa shape index (κ2) is 30.7. The third kappa shape index (κ3) is 12.8. The molecule has 121 heavy (non-hydrogen) atoms. The molecule has 574 valence electrons. The highest BCUT2D eigenvalue weighted by atomic mass is 32.1. The summed E-state index contributed by atoms with van der Waals surface area (Å²) in [6.45, 7) is 6.62. The molecule has 0 N–H and O–H groups in total. The lowest BCUT2D eigenvalue weighted by Crippen LogP contribution is -2.05. The number of para-hydroxylation sites is 5. The van der Waals surface area contributed by atoms with Gasteiger partial charge in [-0.3, -0.25) is 4.57 Å². The van der Waals surface area contributed by atoms with Crippen LogP contribution in [0.5, 0.6) is 0 Å². The summed E-state index contributed by atoms with van der Waals surface area (Å²) in [5, 5.41) is 15.6. The number of aromatic nitrogens is 11. The summed E-state index contributed by atoms with van der Waals surface area (Å²) in [4.78, 5) is 37.9. The lowest BCUT2D eigenvalue weighted by molar-refractivity contribution is 0.957. The molecule has 15 heteroatoms. The molecule has 0 unspecified atom stereocenters. The number of hydrogen-bond donors (Lipinski definition) is 0. The van der Waals surface area contributed by atoms with Gasteiger partial charge in [-0.15, -0.1) is 45.3 Å². The Balaban J connectivity index is 0.0000000973. The van der Waals surface area contributed by atoms with Crippen LogP contribution < -0.4 is 0 Å². The Labute approximate surface area is 711 Å². The molecule has 25 aromatic rings. The van der Waals surface area contributed by atoms with Crippen LogP contribution in [-0.2, 0) is 0 Å². The molecule has 0 spiro atoms. The van der Waals surface area contributed by atoms with E-state index >= 15 is 0 Å². The molecule has 14 aromatic carbocycles. The molecule has 0 amide bonds. The lowest BCUT2D eigenvalue weighted by Gasteiger charge is -2.14. The van der Waals surface area contributed by atoms with E-state index in [0.29, 0.717) is 29.2 Å². The first-order valence-corrected chi connectivity index (χ1v) is 43.5. The molecule has 25 rings (SSSR count). The van der Waals surface area contributed by atoms with Crippen molar-refractivity contribution in [2.24, 2.45) is 0 Å². The largest absolute Gasteiger partial charge is 0.301 e. The maximum Gasteiger partial charge on any atom is 0.239 e. The molecule has 0 bridgehead atoms. The highest BCUT2D eigenvalue weighted by Gasteiger charge is 2.26. The van der Waals surface area contributed by atoms with Gasteiger partial charge in [0.05, 0.1) is 33.4 Å². The van der Waals surface area contributed by atoms with Gasteiger partial charge in [0.25, 0.3) is 0 Å². The smallest absolute Gasteiger partial charge is 0.239 e. The summed E-state index contributed by atoms with van der Waals surface area (Å²) in [5.74, 6) is 3.30. The van der Waals surface area contributed by atoms with Gasteiger partial charge in [0.15, 0.2) is 23.3 Å². The second-order valence-electron chi connectivity index (χ2n) is 30.1. The van der Waals surface area contributed by atoms with Crippen molar-refractivity contribution in [2.75, 3.05) is 0 Å². The zero-order valence-corrected chi connectivity index (χ0v) is 69.1. The quantitative estimate of drug-likeness (QED) is 0.142. The highest BCUT2D eigenvalue weighted by molar-refractivity contribution is 7.27. The standard InChI is InChI=1S/C29H18N4S.C28H17N5S.C26H17NS.C23H19NS/c1-3-11-19(12-4-1)26-30-27(20-13-5-2-6-14-20)32-29(31-26)33-23-17-9-7-15-21(23)25-22-16-8-10-18-24(22)34-28(25)33;1-3-9-23-21(7-1)25-22-8-2-4-10-24(22)34-28(25)33(23)20-16-18(26-29-11-5-12-30-26)15-19(17-20)27-31-13-6-14-32-27;1-2-10-18(11-3-1)19-12-4-7-15-22(19)27-23-16-8-5-13-20(23)25-21-14-6-9-17-24(21)28-26(25)27;1-14-12-15(2)22(16(3)13-14)24-19-10-6-4-8-17(19)21-18-9-5-7-11-20(18)25-23(21)24/h1-18H;1-17H;1-17H;4-13H,1-3H3. The Morgan fingerprint density at radius 3 is 0.992 bits per heavy atom. The van der Waals surface area contributed by atoms with Crippen LogP contribution in [0.25, 0.3) is 205 Å². The van der Waals surface area contributed by atoms with Crippen molar-refractivity contribution < 1.29 is 0 Å². The molecule has 0 aliphatic carbocycles. The van der Waals surface area contributed by atoms with Crippen LogP contribution >= 0.6 is 45.3 Å². The average molecular weight is 1630 g/mol. The van der Waals surface area contributed by atoms with E-state index in [4.69, 9.17) is 15.0 Å². The summed E-state index contributed by atoms with van der Waals surface area (Å²) < 4.78 is 14.7. The molecule has 11 aromatic heterocycles. The number of thiophene rings is 4. The van der Waals surface area contributed by atoms with Gasteiger partial charge in [0, 0.05) is 142 Å². The molecule has 0 radical (unpaired) electrons. The minimum Gasteiger partial charge on any atom is -0.301 e. The summed E-state index contributed by atoms with van der Waals surface area (Å²) in [7, 11) is 0. The van der Waals surface area contributed by atoms with Crippen LogP contribution in [0.2, 0.25) is 0 Å². The predicted octanol–water partition coefficient (Wildman–Crippen LogP) is 29.0. The summed E-state index contributed by atoms with van der Waals surface area (Å²) in [5.41, 5.74) is 18.7. The zero-order chi connectivity index (χ0) is 80.6. The number of hydrogen-bond acceptors (Lipinski definition) is 11. The van der Waals surface area contributed by atoms with Gasteiger partial charge in [-0.05, 0) is 122 Å². The van der Waals surface area contributed by atoms with Gasteiger partial charge in [0.2, 0.25) is 5.95 Å². The minimum atomic E-state index is 0.630. The molecule has 0 aliphatic rings. The summed E-state index contributed by atoms with van der Waals surface area (Å²) >= 11 is 7.36. The minimum absolute atomic E-state index is 0.630. The van der Waals surface area contributed by atoms with Crippen LogP contribution in [0.15, 0.2) is 377 Å². The van der Waals surface area contributed by atoms with E-state index in [0.717, 1.165) is 38.3 Å². The Morgan fingerprint density at radius 2 is 0.562 bits per heavy atom. The molecular formula is C106H71N11S4. The molecule has 0 saturated carbocycles. The van der Waals surface area contributed by atoms with Gasteiger partial charge in [-0.2, -0.15) is 9.97 Å². The third-order valence-corrected chi connectivity index (χ3v) is 27.2. The Morgan fingerprint density at radius 1 is 0.240 bits per heavy atom. The molecule has 0 fully saturated rings. The molecule has 11 heterocycles. The van der Waals surface area contributed by atoms with Crippen molar-refractivity contribution in [3.63, 3.8) is 0 Å². The van der Waals surface area contributed by atoms with Gasteiger partial charge >= 0.3 is 0 Å². The number of fused-ring (bicyclic) bond motifs is 20. The number of nitrogens with zero attached hydrogens (tertiary/aromatic N) is 11. The van der Waals surface area contributed by atoms with Gasteiger partial charge in [0.1, 0.15) is 19.3 Å². The van der Waals surface area contributed by atoms with Gasteiger partial charge in [-0.1, -0.05) is 272 Å². The summed E-state index contributed by atoms with van der Waals surface area (Å²) in [6.07, 6.45) is 7.07. The van der Waals surface area contributed by atoms with Crippen LogP contribution in [-0.4, -0.2) is 53.2 Å². The van der Waals surface area contributed by atoms with E-state index < -0.39 is 0 Å². The van der Waals surface area contributed by atoms with Gasteiger partial charge < -0.3 is 13.7 Å². The lowest BCUT2D eigenvalue weighted by atomic mass is 10.0. The molecule has 11 nitrogen and oxygen atoms in total. The first kappa shape index (κ1) is 72.7. The van der Waals surface area contributed by atoms with Gasteiger partial charge in [-0.25, -0.2) is 24.9 Å². The maximum absolute atomic E-state index is 4.99. The predicted molar refractivity (Wildman–Crippen MR) is 511 cm³/mol. The number of rotatable bonds is 9. The van der Waals surface area contributed by atoms with Crippen LogP contribution in [0.1, 0.15) is 16.7 Å². The van der Waals surface area contributed by atoms with Crippen LogP contribution in [0.4, 0.5) is 0 Å². The van der Waals surface area contributed by atoms with Crippen molar-refractivity contribution in [1.82, 2.24) is 53.2 Å². The average Bonchev–Trinajstić information content (AvgIpc) is 1.58. The van der Waals surface area contributed by atoms with Crippen molar-refractivity contribution >= 4 is 170 Å². The second-order valence-corrected chi connectivity index (χ2v) is 34.2. The first-order chi connectivity index (χ1) is 59.8. The van der Waals surface area contributed by atoms with E-state index in [1.54, 1.807) is 36.1 Å². The first-order valence-electron chi connectivity index (χ1n) is 40.2. The normalized spacial score (nSPS) is 11.6. The van der Waals surface area contributed by atoms with E-state index in [1.165, 1.54) is 154 Å². The Hall–Kier alpha value is -14.7. The van der Waals surface area contributed by atoms with Crippen molar-refractivity contribution in [3.8, 4) is 79.7 Å². The topological polar surface area (TPSA) is 110 Å². The fourth-order valence-corrected chi connectivity index (χ4v) is 22.5. The summed E-state index contributed by atoms with van der Waals surface area (Å²) in [6, 6.07) is 123. The third-order valence-electron chi connectivity index (χ3n) is 22.6. The maximum atomic E-state index is 4.99. The number of aryl methyl sites for hydroxylation is 3. The molecule has 0 saturated heterocycles. The molecule has 0 atom stereocenters. The fourth-order valence-electron chi connectivity index (χ4n) is 17.5.